The van der Waals surface area contributed by atoms with Gasteiger partial charge in [0.2, 0.25) is 0 Å². The van der Waals surface area contributed by atoms with Crippen LogP contribution in [0.3, 0.4) is 0 Å². The maximum atomic E-state index is 12.0. The van der Waals surface area contributed by atoms with Gasteiger partial charge in [-0.1, -0.05) is 0 Å². The van der Waals surface area contributed by atoms with Crippen molar-refractivity contribution < 1.29 is 8.42 Å². The van der Waals surface area contributed by atoms with E-state index in [9.17, 15) is 8.42 Å². The van der Waals surface area contributed by atoms with Crippen LogP contribution in [0.5, 0.6) is 0 Å². The topological polar surface area (TPSA) is 72.5 Å². The molecule has 1 aliphatic carbocycles. The monoisotopic (exact) mass is 261 g/mol. The summed E-state index contributed by atoms with van der Waals surface area (Å²) in [4.78, 5) is 0.137. The predicted molar refractivity (Wildman–Crippen MR) is 72.7 cm³/mol. The fourth-order valence-corrected chi connectivity index (χ4v) is 2.49. The minimum Gasteiger partial charge on any atom is -0.399 e. The first-order chi connectivity index (χ1) is 8.47. The number of nitrogen functional groups attached to an aromatic ring is 1. The molecule has 0 heterocycles. The summed E-state index contributed by atoms with van der Waals surface area (Å²) >= 11 is 0. The highest BCUT2D eigenvalue weighted by atomic mass is 32.2. The van der Waals surface area contributed by atoms with Crippen LogP contribution in [0.15, 0.2) is 57.4 Å². The van der Waals surface area contributed by atoms with Crippen molar-refractivity contribution in [2.45, 2.75) is 11.8 Å². The molecule has 0 spiro atoms. The van der Waals surface area contributed by atoms with E-state index in [4.69, 9.17) is 5.73 Å². The van der Waals surface area contributed by atoms with Crippen molar-refractivity contribution in [3.63, 3.8) is 0 Å². The maximum absolute atomic E-state index is 12.0. The number of hydrogen-bond acceptors (Lipinski definition) is 3. The van der Waals surface area contributed by atoms with Crippen molar-refractivity contribution in [2.24, 2.45) is 4.40 Å². The Labute approximate surface area is 107 Å². The van der Waals surface area contributed by atoms with Gasteiger partial charge in [0.1, 0.15) is 0 Å². The molecular formula is C13H13N2O2S+. The number of sulfonamides is 1. The maximum Gasteiger partial charge on any atom is 0.285 e. The minimum absolute atomic E-state index is 0.137. The fraction of sp³-hybridized carbons (Fsp3) is 0.0769. The van der Waals surface area contributed by atoms with Crippen LogP contribution in [0.2, 0.25) is 0 Å². The Morgan fingerprint density at radius 2 is 1.89 bits per heavy atom. The van der Waals surface area contributed by atoms with Crippen LogP contribution in [0.25, 0.3) is 0 Å². The molecule has 0 saturated heterocycles. The molecule has 1 aromatic carbocycles. The van der Waals surface area contributed by atoms with Gasteiger partial charge in [-0.05, 0) is 31.2 Å². The van der Waals surface area contributed by atoms with Crippen LogP contribution in [0.4, 0.5) is 5.69 Å². The van der Waals surface area contributed by atoms with E-state index < -0.39 is 10.0 Å². The van der Waals surface area contributed by atoms with Crippen molar-refractivity contribution in [2.75, 3.05) is 5.73 Å². The molecule has 1 aromatic rings. The van der Waals surface area contributed by atoms with Crippen LogP contribution in [-0.2, 0) is 10.0 Å². The third-order valence-electron chi connectivity index (χ3n) is 2.41. The van der Waals surface area contributed by atoms with Gasteiger partial charge in [0.15, 0.2) is 5.71 Å². The van der Waals surface area contributed by atoms with E-state index in [-0.39, 0.29) is 4.90 Å². The summed E-state index contributed by atoms with van der Waals surface area (Å²) in [6.45, 7) is 1.88. The highest BCUT2D eigenvalue weighted by Gasteiger charge is 2.17. The molecule has 2 N–H and O–H groups in total. The van der Waals surface area contributed by atoms with Crippen LogP contribution in [0.1, 0.15) is 6.92 Å². The first kappa shape index (κ1) is 12.4. The number of hydrogen-bond donors (Lipinski definition) is 1. The fourth-order valence-electron chi connectivity index (χ4n) is 1.52. The third kappa shape index (κ3) is 2.81. The van der Waals surface area contributed by atoms with Crippen molar-refractivity contribution in [1.29, 1.82) is 0 Å². The molecule has 0 saturated carbocycles. The summed E-state index contributed by atoms with van der Waals surface area (Å²) in [6, 6.07) is 5.98. The molecule has 4 nitrogen and oxygen atoms in total. The van der Waals surface area contributed by atoms with E-state index in [1.54, 1.807) is 30.7 Å². The Kier molecular flexibility index (Phi) is 3.25. The largest absolute Gasteiger partial charge is 0.399 e. The molecule has 92 valence electrons. The van der Waals surface area contributed by atoms with Gasteiger partial charge in [-0.3, -0.25) is 0 Å². The number of rotatable bonds is 2. The number of nitrogens with two attached hydrogens (primary N) is 1. The summed E-state index contributed by atoms with van der Waals surface area (Å²) in [7, 11) is -3.68. The molecule has 0 amide bonds. The molecule has 0 atom stereocenters. The summed E-state index contributed by atoms with van der Waals surface area (Å²) in [5.74, 6) is 0. The average Bonchev–Trinajstić information content (AvgIpc) is 2.29. The lowest BCUT2D eigenvalue weighted by Gasteiger charge is -2.01. The number of nitrogens with zero attached hydrogens (tertiary/aromatic N) is 1. The standard InChI is InChI=1S/C13H13N2O2S/c1-10-3-2-4-12(9-10)15-18(16,17)13-7-5-11(14)6-8-13/h2-9H,14H2,1H3/q+1/b15-12-. The van der Waals surface area contributed by atoms with Gasteiger partial charge in [0.25, 0.3) is 10.0 Å². The summed E-state index contributed by atoms with van der Waals surface area (Å²) < 4.78 is 27.8. The van der Waals surface area contributed by atoms with Gasteiger partial charge in [0.05, 0.1) is 29.0 Å². The van der Waals surface area contributed by atoms with Crippen molar-refractivity contribution in [1.82, 2.24) is 0 Å². The molecule has 0 unspecified atom stereocenters. The minimum atomic E-state index is -3.68. The smallest absolute Gasteiger partial charge is 0.285 e. The normalized spacial score (nSPS) is 17.4. The molecule has 0 aromatic heterocycles. The lowest BCUT2D eigenvalue weighted by molar-refractivity contribution is 0.598. The van der Waals surface area contributed by atoms with E-state index in [1.165, 1.54) is 12.1 Å². The quantitative estimate of drug-likeness (QED) is 0.654. The van der Waals surface area contributed by atoms with E-state index in [2.05, 4.69) is 4.40 Å². The molecule has 0 bridgehead atoms. The van der Waals surface area contributed by atoms with E-state index in [0.717, 1.165) is 5.57 Å². The number of anilines is 1. The van der Waals surface area contributed by atoms with Gasteiger partial charge >= 0.3 is 0 Å². The van der Waals surface area contributed by atoms with Crippen LogP contribution in [0, 0.1) is 6.42 Å². The predicted octanol–water partition coefficient (Wildman–Crippen LogP) is 2.12. The second kappa shape index (κ2) is 4.70. The zero-order valence-electron chi connectivity index (χ0n) is 9.87. The lowest BCUT2D eigenvalue weighted by atomic mass is 10.1. The molecule has 0 radical (unpaired) electrons. The zero-order chi connectivity index (χ0) is 13.2. The summed E-state index contributed by atoms with van der Waals surface area (Å²) in [5.41, 5.74) is 7.42. The van der Waals surface area contributed by atoms with Crippen LogP contribution in [-0.4, -0.2) is 14.1 Å². The van der Waals surface area contributed by atoms with Gasteiger partial charge in [-0.2, -0.15) is 8.42 Å². The Morgan fingerprint density at radius 1 is 1.22 bits per heavy atom. The van der Waals surface area contributed by atoms with Crippen LogP contribution >= 0.6 is 0 Å². The molecule has 1 aliphatic rings. The Hall–Kier alpha value is -2.01. The molecule has 2 rings (SSSR count). The number of allylic oxidation sites excluding steroid dienone is 4. The third-order valence-corrected chi connectivity index (χ3v) is 3.72. The highest BCUT2D eigenvalue weighted by molar-refractivity contribution is 7.90. The van der Waals surface area contributed by atoms with Gasteiger partial charge < -0.3 is 5.73 Å². The van der Waals surface area contributed by atoms with E-state index >= 15 is 0 Å². The van der Waals surface area contributed by atoms with Crippen molar-refractivity contribution >= 4 is 21.4 Å². The first-order valence-electron chi connectivity index (χ1n) is 5.38. The van der Waals surface area contributed by atoms with Gasteiger partial charge in [-0.15, -0.1) is 4.40 Å². The SMILES string of the molecule is CC1=C/C(=N\S(=O)(=O)c2ccc(N)cc2)[CH+]C=C1. The van der Waals surface area contributed by atoms with E-state index in [1.807, 2.05) is 13.0 Å². The average molecular weight is 261 g/mol. The Balaban J connectivity index is 2.36. The number of benzene rings is 1. The van der Waals surface area contributed by atoms with Crippen LogP contribution < -0.4 is 5.73 Å². The van der Waals surface area contributed by atoms with Gasteiger partial charge in [-0.25, -0.2) is 0 Å². The molecule has 0 fully saturated rings. The van der Waals surface area contributed by atoms with Crippen molar-refractivity contribution in [3.05, 3.63) is 54.5 Å². The Bertz CT molecular complexity index is 638. The van der Waals surface area contributed by atoms with Crippen molar-refractivity contribution in [3.8, 4) is 0 Å². The molecular weight excluding hydrogens is 248 g/mol. The Morgan fingerprint density at radius 3 is 2.50 bits per heavy atom. The molecule has 5 heteroatoms. The summed E-state index contributed by atoms with van der Waals surface area (Å²) in [5, 5.41) is 0. The molecule has 0 aliphatic heterocycles. The lowest BCUT2D eigenvalue weighted by Crippen LogP contribution is -2.05. The van der Waals surface area contributed by atoms with Gasteiger partial charge in [0, 0.05) is 11.8 Å². The first-order valence-corrected chi connectivity index (χ1v) is 6.82. The highest BCUT2D eigenvalue weighted by Crippen LogP contribution is 2.16. The van der Waals surface area contributed by atoms with E-state index in [0.29, 0.717) is 11.4 Å². The second-order valence-electron chi connectivity index (χ2n) is 3.97. The zero-order valence-corrected chi connectivity index (χ0v) is 10.7. The summed E-state index contributed by atoms with van der Waals surface area (Å²) in [6.07, 6.45) is 7.03. The molecule has 18 heavy (non-hydrogen) atoms. The second-order valence-corrected chi connectivity index (χ2v) is 5.58.